The summed E-state index contributed by atoms with van der Waals surface area (Å²) >= 11 is 0. The summed E-state index contributed by atoms with van der Waals surface area (Å²) in [4.78, 5) is 10.2. The zero-order chi connectivity index (χ0) is 15.7. The molecule has 0 bridgehead atoms. The number of phenols is 1. The van der Waals surface area contributed by atoms with Gasteiger partial charge < -0.3 is 19.3 Å². The molecule has 2 rings (SSSR count). The molecule has 5 nitrogen and oxygen atoms in total. The van der Waals surface area contributed by atoms with Gasteiger partial charge in [-0.2, -0.15) is 0 Å². The van der Waals surface area contributed by atoms with Crippen molar-refractivity contribution >= 4 is 6.29 Å². The number of hydrogen-bond acceptors (Lipinski definition) is 5. The number of para-hydroxylation sites is 2. The standard InChI is InChI=1S/C8H8O3.C8H10O2/c1-11-8-4-6(5-9)2-3-7(8)10;1-9-7-5-3-4-6-8(7)10-2/h2-5,10H,1H3;3-6H,1-2H3. The molecule has 2 aromatic rings. The van der Waals surface area contributed by atoms with E-state index in [1.165, 1.54) is 25.3 Å². The molecule has 0 unspecified atom stereocenters. The SMILES string of the molecule is COc1cc(C=O)ccc1O.COc1ccccc1OC. The lowest BCUT2D eigenvalue weighted by atomic mass is 10.2. The van der Waals surface area contributed by atoms with E-state index in [1.54, 1.807) is 14.2 Å². The Morgan fingerprint density at radius 3 is 1.81 bits per heavy atom. The number of rotatable bonds is 4. The van der Waals surface area contributed by atoms with Crippen molar-refractivity contribution in [3.8, 4) is 23.0 Å². The Balaban J connectivity index is 0.000000211. The average Bonchev–Trinajstić information content (AvgIpc) is 2.55. The van der Waals surface area contributed by atoms with Crippen LogP contribution in [0.1, 0.15) is 10.4 Å². The molecule has 0 aliphatic rings. The van der Waals surface area contributed by atoms with Gasteiger partial charge in [0, 0.05) is 5.56 Å². The number of carbonyl (C=O) groups is 1. The molecule has 112 valence electrons. The minimum atomic E-state index is 0.0399. The van der Waals surface area contributed by atoms with Crippen LogP contribution in [0, 0.1) is 0 Å². The van der Waals surface area contributed by atoms with Gasteiger partial charge in [0.25, 0.3) is 0 Å². The third-order valence-corrected chi connectivity index (χ3v) is 2.63. The maximum Gasteiger partial charge on any atom is 0.161 e. The number of carbonyl (C=O) groups excluding carboxylic acids is 1. The van der Waals surface area contributed by atoms with Gasteiger partial charge in [-0.15, -0.1) is 0 Å². The van der Waals surface area contributed by atoms with Crippen LogP contribution in [0.15, 0.2) is 42.5 Å². The van der Waals surface area contributed by atoms with E-state index in [2.05, 4.69) is 0 Å². The van der Waals surface area contributed by atoms with Crippen LogP contribution in [0.3, 0.4) is 0 Å². The first-order chi connectivity index (χ1) is 10.2. The van der Waals surface area contributed by atoms with Gasteiger partial charge in [-0.25, -0.2) is 0 Å². The minimum absolute atomic E-state index is 0.0399. The van der Waals surface area contributed by atoms with Crippen molar-refractivity contribution in [1.29, 1.82) is 0 Å². The lowest BCUT2D eigenvalue weighted by molar-refractivity contribution is 0.112. The van der Waals surface area contributed by atoms with Crippen molar-refractivity contribution in [2.24, 2.45) is 0 Å². The molecule has 21 heavy (non-hydrogen) atoms. The zero-order valence-electron chi connectivity index (χ0n) is 12.2. The maximum absolute atomic E-state index is 10.2. The van der Waals surface area contributed by atoms with Crippen molar-refractivity contribution in [1.82, 2.24) is 0 Å². The summed E-state index contributed by atoms with van der Waals surface area (Å²) in [5.41, 5.74) is 0.486. The smallest absolute Gasteiger partial charge is 0.161 e. The summed E-state index contributed by atoms with van der Waals surface area (Å²) in [5.74, 6) is 1.89. The summed E-state index contributed by atoms with van der Waals surface area (Å²) in [6.45, 7) is 0. The molecule has 0 fully saturated rings. The molecule has 0 atom stereocenters. The van der Waals surface area contributed by atoms with E-state index < -0.39 is 0 Å². The van der Waals surface area contributed by atoms with Gasteiger partial charge in [0.15, 0.2) is 23.0 Å². The number of phenolic OH excluding ortho intramolecular Hbond substituents is 1. The Morgan fingerprint density at radius 2 is 1.38 bits per heavy atom. The predicted octanol–water partition coefficient (Wildman–Crippen LogP) is 2.92. The average molecular weight is 290 g/mol. The highest BCUT2D eigenvalue weighted by Crippen LogP contribution is 2.25. The second kappa shape index (κ2) is 8.47. The van der Waals surface area contributed by atoms with Gasteiger partial charge >= 0.3 is 0 Å². The van der Waals surface area contributed by atoms with Crippen LogP contribution in [-0.4, -0.2) is 32.7 Å². The highest BCUT2D eigenvalue weighted by Gasteiger charge is 2.00. The Morgan fingerprint density at radius 1 is 0.857 bits per heavy atom. The fraction of sp³-hybridized carbons (Fsp3) is 0.188. The van der Waals surface area contributed by atoms with E-state index in [1.807, 2.05) is 24.3 Å². The molecular weight excluding hydrogens is 272 g/mol. The Kier molecular flexibility index (Phi) is 6.60. The Hall–Kier alpha value is -2.69. The molecule has 0 aliphatic heterocycles. The lowest BCUT2D eigenvalue weighted by Gasteiger charge is -2.04. The number of aromatic hydroxyl groups is 1. The second-order valence-electron chi connectivity index (χ2n) is 3.90. The lowest BCUT2D eigenvalue weighted by Crippen LogP contribution is -1.88. The summed E-state index contributed by atoms with van der Waals surface area (Å²) < 4.78 is 14.8. The number of aldehydes is 1. The van der Waals surface area contributed by atoms with Gasteiger partial charge in [-0.1, -0.05) is 12.1 Å². The normalized spacial score (nSPS) is 9.10. The Bertz CT molecular complexity index is 558. The topological polar surface area (TPSA) is 65.0 Å². The van der Waals surface area contributed by atoms with Gasteiger partial charge in [-0.3, -0.25) is 4.79 Å². The maximum atomic E-state index is 10.2. The summed E-state index contributed by atoms with van der Waals surface area (Å²) in [7, 11) is 4.68. The van der Waals surface area contributed by atoms with Crippen molar-refractivity contribution in [2.45, 2.75) is 0 Å². The van der Waals surface area contributed by atoms with Crippen molar-refractivity contribution < 1.29 is 24.1 Å². The summed E-state index contributed by atoms with van der Waals surface area (Å²) in [5, 5.41) is 9.09. The van der Waals surface area contributed by atoms with Crippen molar-refractivity contribution in [2.75, 3.05) is 21.3 Å². The van der Waals surface area contributed by atoms with Crippen LogP contribution in [0.4, 0.5) is 0 Å². The van der Waals surface area contributed by atoms with E-state index in [4.69, 9.17) is 19.3 Å². The molecule has 0 spiro atoms. The zero-order valence-corrected chi connectivity index (χ0v) is 12.2. The minimum Gasteiger partial charge on any atom is -0.504 e. The summed E-state index contributed by atoms with van der Waals surface area (Å²) in [6, 6.07) is 11.9. The third kappa shape index (κ3) is 4.72. The van der Waals surface area contributed by atoms with Crippen LogP contribution in [0.2, 0.25) is 0 Å². The Labute approximate surface area is 123 Å². The molecule has 0 aromatic heterocycles. The molecule has 0 saturated heterocycles. The molecular formula is C16H18O5. The highest BCUT2D eigenvalue weighted by molar-refractivity contribution is 5.76. The van der Waals surface area contributed by atoms with Crippen LogP contribution < -0.4 is 14.2 Å². The van der Waals surface area contributed by atoms with E-state index in [9.17, 15) is 4.79 Å². The van der Waals surface area contributed by atoms with Crippen LogP contribution in [0.5, 0.6) is 23.0 Å². The van der Waals surface area contributed by atoms with Gasteiger partial charge in [0.05, 0.1) is 21.3 Å². The monoisotopic (exact) mass is 290 g/mol. The van der Waals surface area contributed by atoms with Crippen LogP contribution >= 0.6 is 0 Å². The van der Waals surface area contributed by atoms with E-state index >= 15 is 0 Å². The number of ether oxygens (including phenoxy) is 3. The van der Waals surface area contributed by atoms with E-state index in [0.717, 1.165) is 11.5 Å². The van der Waals surface area contributed by atoms with Crippen LogP contribution in [-0.2, 0) is 0 Å². The van der Waals surface area contributed by atoms with Crippen molar-refractivity contribution in [3.63, 3.8) is 0 Å². The summed E-state index contributed by atoms with van der Waals surface area (Å²) in [6.07, 6.45) is 0.696. The number of benzene rings is 2. The number of methoxy groups -OCH3 is 3. The molecule has 1 N–H and O–H groups in total. The van der Waals surface area contributed by atoms with Crippen molar-refractivity contribution in [3.05, 3.63) is 48.0 Å². The fourth-order valence-electron chi connectivity index (χ4n) is 1.55. The third-order valence-electron chi connectivity index (χ3n) is 2.63. The largest absolute Gasteiger partial charge is 0.504 e. The number of hydrogen-bond donors (Lipinski definition) is 1. The van der Waals surface area contributed by atoms with Crippen LogP contribution in [0.25, 0.3) is 0 Å². The molecule has 0 saturated carbocycles. The highest BCUT2D eigenvalue weighted by atomic mass is 16.5. The van der Waals surface area contributed by atoms with E-state index in [-0.39, 0.29) is 5.75 Å². The molecule has 0 aliphatic carbocycles. The van der Waals surface area contributed by atoms with Gasteiger partial charge in [0.2, 0.25) is 0 Å². The quantitative estimate of drug-likeness (QED) is 0.877. The molecule has 2 aromatic carbocycles. The first-order valence-corrected chi connectivity index (χ1v) is 6.15. The second-order valence-corrected chi connectivity index (χ2v) is 3.90. The molecule has 0 radical (unpaired) electrons. The first-order valence-electron chi connectivity index (χ1n) is 6.15. The van der Waals surface area contributed by atoms with E-state index in [0.29, 0.717) is 17.6 Å². The molecule has 5 heteroatoms. The fourth-order valence-corrected chi connectivity index (χ4v) is 1.55. The molecule has 0 heterocycles. The predicted molar refractivity (Wildman–Crippen MR) is 79.6 cm³/mol. The first kappa shape index (κ1) is 16.4. The molecule has 0 amide bonds. The van der Waals surface area contributed by atoms with Gasteiger partial charge in [-0.05, 0) is 30.3 Å². The van der Waals surface area contributed by atoms with Gasteiger partial charge in [0.1, 0.15) is 6.29 Å².